The number of hydrogen-bond acceptors (Lipinski definition) is 1. The Kier molecular flexibility index (Phi) is 4.10. The lowest BCUT2D eigenvalue weighted by Crippen LogP contribution is -1.90. The van der Waals surface area contributed by atoms with E-state index >= 15 is 0 Å². The topological polar surface area (TPSA) is 12.4 Å². The lowest BCUT2D eigenvalue weighted by Gasteiger charge is -2.05. The van der Waals surface area contributed by atoms with Crippen LogP contribution in [-0.4, -0.2) is 6.21 Å². The first kappa shape index (κ1) is 15.4. The second kappa shape index (κ2) is 6.39. The fourth-order valence-electron chi connectivity index (χ4n) is 4.02. The Morgan fingerprint density at radius 3 is 2.17 bits per heavy atom. The van der Waals surface area contributed by atoms with Crippen molar-refractivity contribution in [3.63, 3.8) is 0 Å². The van der Waals surface area contributed by atoms with Crippen LogP contribution in [0.25, 0.3) is 5.70 Å². The molecular weight excluding hydrogens is 290 g/mol. The minimum atomic E-state index is 0.660. The van der Waals surface area contributed by atoms with E-state index in [0.717, 1.165) is 24.5 Å². The van der Waals surface area contributed by atoms with Crippen LogP contribution in [0, 0.1) is 11.8 Å². The molecule has 4 atom stereocenters. The van der Waals surface area contributed by atoms with Gasteiger partial charge in [0.25, 0.3) is 0 Å². The van der Waals surface area contributed by atoms with Gasteiger partial charge >= 0.3 is 0 Å². The zero-order chi connectivity index (χ0) is 16.5. The van der Waals surface area contributed by atoms with Crippen LogP contribution in [0.3, 0.4) is 0 Å². The van der Waals surface area contributed by atoms with Crippen molar-refractivity contribution >= 4 is 11.9 Å². The fourth-order valence-corrected chi connectivity index (χ4v) is 4.02. The molecule has 1 aliphatic heterocycles. The summed E-state index contributed by atoms with van der Waals surface area (Å²) < 4.78 is 0. The van der Waals surface area contributed by atoms with Gasteiger partial charge in [0, 0.05) is 6.21 Å². The van der Waals surface area contributed by atoms with E-state index in [2.05, 4.69) is 85.7 Å². The number of nitrogens with zero attached hydrogens (tertiary/aromatic N) is 1. The Labute approximate surface area is 145 Å². The second-order valence-corrected chi connectivity index (χ2v) is 7.42. The normalized spacial score (nSPS) is 29.0. The second-order valence-electron chi connectivity index (χ2n) is 7.42. The van der Waals surface area contributed by atoms with E-state index in [1.54, 1.807) is 0 Å². The van der Waals surface area contributed by atoms with E-state index in [9.17, 15) is 0 Å². The third-order valence-electron chi connectivity index (χ3n) is 5.61. The molecule has 0 radical (unpaired) electrons. The Hall–Kier alpha value is -2.15. The number of hydrogen-bond donors (Lipinski definition) is 0. The molecule has 1 nitrogen and oxygen atoms in total. The van der Waals surface area contributed by atoms with Crippen molar-refractivity contribution in [2.24, 2.45) is 16.8 Å². The monoisotopic (exact) mass is 315 g/mol. The van der Waals surface area contributed by atoms with Gasteiger partial charge < -0.3 is 0 Å². The average molecular weight is 315 g/mol. The Balaban J connectivity index is 1.53. The SMILES string of the molecule is CC1CC=NC(c2ccc(C3C(C)C3c3ccccc3)cc2)=CC1. The summed E-state index contributed by atoms with van der Waals surface area (Å²) in [6, 6.07) is 20.1. The molecule has 0 aromatic heterocycles. The summed E-state index contributed by atoms with van der Waals surface area (Å²) in [7, 11) is 0. The highest BCUT2D eigenvalue weighted by Gasteiger charge is 2.48. The standard InChI is InChI=1S/C23H25N/c1-16-8-13-21(24-15-14-16)18-9-11-20(12-10-18)23-17(2)22(23)19-6-4-3-5-7-19/h3-7,9-13,15-17,22-23H,8,14H2,1-2H3. The molecule has 2 aromatic carbocycles. The predicted molar refractivity (Wildman–Crippen MR) is 102 cm³/mol. The molecule has 1 heteroatoms. The summed E-state index contributed by atoms with van der Waals surface area (Å²) in [5, 5.41) is 0. The third kappa shape index (κ3) is 2.96. The molecule has 1 heterocycles. The number of benzene rings is 2. The minimum absolute atomic E-state index is 0.660. The highest BCUT2D eigenvalue weighted by molar-refractivity contribution is 5.75. The van der Waals surface area contributed by atoms with Gasteiger partial charge in [-0.2, -0.15) is 0 Å². The largest absolute Gasteiger partial charge is 0.261 e. The molecule has 4 unspecified atom stereocenters. The molecule has 0 N–H and O–H groups in total. The molecule has 24 heavy (non-hydrogen) atoms. The average Bonchev–Trinajstić information content (AvgIpc) is 3.34. The summed E-state index contributed by atoms with van der Waals surface area (Å²) in [5.41, 5.74) is 5.32. The zero-order valence-electron chi connectivity index (χ0n) is 14.5. The third-order valence-corrected chi connectivity index (χ3v) is 5.61. The molecule has 0 spiro atoms. The maximum Gasteiger partial charge on any atom is 0.0658 e. The highest BCUT2D eigenvalue weighted by atomic mass is 14.7. The van der Waals surface area contributed by atoms with Crippen LogP contribution in [0.1, 0.15) is 55.2 Å². The number of aliphatic imine (C=N–C) groups is 1. The van der Waals surface area contributed by atoms with Crippen molar-refractivity contribution in [1.29, 1.82) is 0 Å². The molecule has 2 aromatic rings. The van der Waals surface area contributed by atoms with Crippen LogP contribution in [0.15, 0.2) is 65.7 Å². The Morgan fingerprint density at radius 2 is 1.46 bits per heavy atom. The van der Waals surface area contributed by atoms with E-state index in [4.69, 9.17) is 0 Å². The van der Waals surface area contributed by atoms with Gasteiger partial charge in [-0.1, -0.05) is 74.5 Å². The maximum absolute atomic E-state index is 4.65. The van der Waals surface area contributed by atoms with Crippen LogP contribution in [0.2, 0.25) is 0 Å². The van der Waals surface area contributed by atoms with Crippen molar-refractivity contribution in [3.8, 4) is 0 Å². The smallest absolute Gasteiger partial charge is 0.0658 e. The lowest BCUT2D eigenvalue weighted by molar-refractivity contribution is 0.629. The molecule has 122 valence electrons. The van der Waals surface area contributed by atoms with Crippen molar-refractivity contribution < 1.29 is 0 Å². The van der Waals surface area contributed by atoms with Crippen LogP contribution in [-0.2, 0) is 0 Å². The maximum atomic E-state index is 4.65. The van der Waals surface area contributed by atoms with Crippen molar-refractivity contribution in [1.82, 2.24) is 0 Å². The molecule has 2 aliphatic rings. The molecule has 1 aliphatic carbocycles. The van der Waals surface area contributed by atoms with Gasteiger partial charge in [0.1, 0.15) is 0 Å². The summed E-state index contributed by atoms with van der Waals surface area (Å²) in [6.07, 6.45) is 6.56. The molecule has 0 amide bonds. The van der Waals surface area contributed by atoms with Crippen LogP contribution < -0.4 is 0 Å². The minimum Gasteiger partial charge on any atom is -0.261 e. The van der Waals surface area contributed by atoms with Crippen molar-refractivity contribution in [2.75, 3.05) is 0 Å². The Bertz CT molecular complexity index is 754. The van der Waals surface area contributed by atoms with E-state index in [1.165, 1.54) is 16.7 Å². The molecule has 1 saturated carbocycles. The van der Waals surface area contributed by atoms with Gasteiger partial charge in [0.15, 0.2) is 0 Å². The Morgan fingerprint density at radius 1 is 0.792 bits per heavy atom. The molecule has 4 rings (SSSR count). The molecule has 0 saturated heterocycles. The molecule has 1 fully saturated rings. The van der Waals surface area contributed by atoms with Crippen molar-refractivity contribution in [2.45, 2.75) is 38.5 Å². The zero-order valence-corrected chi connectivity index (χ0v) is 14.5. The first-order chi connectivity index (χ1) is 11.7. The summed E-state index contributed by atoms with van der Waals surface area (Å²) in [6.45, 7) is 4.66. The van der Waals surface area contributed by atoms with Crippen molar-refractivity contribution in [3.05, 3.63) is 77.4 Å². The van der Waals surface area contributed by atoms with E-state index in [0.29, 0.717) is 17.8 Å². The van der Waals surface area contributed by atoms with Crippen LogP contribution >= 0.6 is 0 Å². The van der Waals surface area contributed by atoms with E-state index in [1.807, 2.05) is 0 Å². The van der Waals surface area contributed by atoms with Crippen LogP contribution in [0.5, 0.6) is 0 Å². The first-order valence-corrected chi connectivity index (χ1v) is 9.12. The van der Waals surface area contributed by atoms with Gasteiger partial charge in [-0.05, 0) is 53.2 Å². The van der Waals surface area contributed by atoms with Crippen LogP contribution in [0.4, 0.5) is 0 Å². The summed E-state index contributed by atoms with van der Waals surface area (Å²) in [4.78, 5) is 4.65. The van der Waals surface area contributed by atoms with Gasteiger partial charge in [-0.25, -0.2) is 0 Å². The van der Waals surface area contributed by atoms with Gasteiger partial charge in [-0.15, -0.1) is 0 Å². The lowest BCUT2D eigenvalue weighted by atomic mass is 10.0. The van der Waals surface area contributed by atoms with Gasteiger partial charge in [-0.3, -0.25) is 4.99 Å². The predicted octanol–water partition coefficient (Wildman–Crippen LogP) is 6.05. The van der Waals surface area contributed by atoms with E-state index in [-0.39, 0.29) is 0 Å². The van der Waals surface area contributed by atoms with E-state index < -0.39 is 0 Å². The van der Waals surface area contributed by atoms with Gasteiger partial charge in [0.05, 0.1) is 5.70 Å². The first-order valence-electron chi connectivity index (χ1n) is 9.12. The summed E-state index contributed by atoms with van der Waals surface area (Å²) >= 11 is 0. The molecular formula is C23H25N. The number of rotatable bonds is 3. The van der Waals surface area contributed by atoms with Gasteiger partial charge in [0.2, 0.25) is 0 Å². The summed E-state index contributed by atoms with van der Waals surface area (Å²) in [5.74, 6) is 2.76. The highest BCUT2D eigenvalue weighted by Crippen LogP contribution is 2.60. The quantitative estimate of drug-likeness (QED) is 0.654. The number of allylic oxidation sites excluding steroid dienone is 1. The fraction of sp³-hybridized carbons (Fsp3) is 0.348. The molecule has 0 bridgehead atoms.